The number of hydrogen-bond donors (Lipinski definition) is 4. The zero-order chi connectivity index (χ0) is 15.4. The van der Waals surface area contributed by atoms with E-state index in [1.165, 1.54) is 10.9 Å². The number of ether oxygens (including phenoxy) is 2. The van der Waals surface area contributed by atoms with Crippen LogP contribution in [-0.2, 0) is 9.47 Å². The van der Waals surface area contributed by atoms with Gasteiger partial charge < -0.3 is 19.7 Å². The maximum Gasteiger partial charge on any atom is 0.327 e. The molecule has 2 aliphatic rings. The summed E-state index contributed by atoms with van der Waals surface area (Å²) in [5, 5.41) is 20.3. The predicted octanol–water partition coefficient (Wildman–Crippen LogP) is -2.18. The molecule has 10 nitrogen and oxygen atoms in total. The molecule has 2 aliphatic heterocycles. The number of aliphatic hydroxyl groups is 2. The first-order chi connectivity index (χ1) is 10.6. The van der Waals surface area contributed by atoms with Crippen LogP contribution in [-0.4, -0.2) is 60.8 Å². The van der Waals surface area contributed by atoms with Gasteiger partial charge in [0.1, 0.15) is 24.0 Å². The third kappa shape index (κ3) is 1.85. The average molecular weight is 310 g/mol. The lowest BCUT2D eigenvalue weighted by Crippen LogP contribution is -2.45. The van der Waals surface area contributed by atoms with Gasteiger partial charge in [0.25, 0.3) is 5.56 Å². The quantitative estimate of drug-likeness (QED) is 0.494. The number of aromatic amines is 2. The van der Waals surface area contributed by atoms with Gasteiger partial charge in [0, 0.05) is 6.61 Å². The average Bonchev–Trinajstić information content (AvgIpc) is 2.93. The van der Waals surface area contributed by atoms with Crippen molar-refractivity contribution in [3.8, 4) is 0 Å². The summed E-state index contributed by atoms with van der Waals surface area (Å²) in [6.07, 6.45) is -2.24. The first-order valence-electron chi connectivity index (χ1n) is 6.88. The Morgan fingerprint density at radius 3 is 2.73 bits per heavy atom. The van der Waals surface area contributed by atoms with Crippen molar-refractivity contribution < 1.29 is 19.7 Å². The van der Waals surface area contributed by atoms with Gasteiger partial charge in [-0.2, -0.15) is 0 Å². The van der Waals surface area contributed by atoms with Gasteiger partial charge in [0.2, 0.25) is 0 Å². The Kier molecular flexibility index (Phi) is 2.94. The van der Waals surface area contributed by atoms with Crippen LogP contribution >= 0.6 is 0 Å². The van der Waals surface area contributed by atoms with Crippen molar-refractivity contribution in [1.82, 2.24) is 19.5 Å². The van der Waals surface area contributed by atoms with Crippen LogP contribution in [0.3, 0.4) is 0 Å². The fraction of sp³-hybridized carbons (Fsp3) is 0.583. The number of fused-ring (bicyclic) bond motifs is 1. The summed E-state index contributed by atoms with van der Waals surface area (Å²) in [5.74, 6) is 0. The number of aromatic nitrogens is 4. The molecule has 4 rings (SSSR count). The Morgan fingerprint density at radius 1 is 1.27 bits per heavy atom. The zero-order valence-electron chi connectivity index (χ0n) is 11.3. The van der Waals surface area contributed by atoms with Crippen LogP contribution in [0, 0.1) is 0 Å². The molecule has 118 valence electrons. The lowest BCUT2D eigenvalue weighted by atomic mass is 10.0. The van der Waals surface area contributed by atoms with E-state index in [1.807, 2.05) is 0 Å². The van der Waals surface area contributed by atoms with Gasteiger partial charge in [-0.3, -0.25) is 19.3 Å². The summed E-state index contributed by atoms with van der Waals surface area (Å²) in [4.78, 5) is 31.5. The first kappa shape index (κ1) is 13.6. The van der Waals surface area contributed by atoms with Crippen molar-refractivity contribution in [1.29, 1.82) is 0 Å². The van der Waals surface area contributed by atoms with Crippen molar-refractivity contribution in [2.75, 3.05) is 6.61 Å². The second-order valence-corrected chi connectivity index (χ2v) is 5.43. The fourth-order valence-corrected chi connectivity index (χ4v) is 2.88. The summed E-state index contributed by atoms with van der Waals surface area (Å²) in [5.41, 5.74) is -1.18. The summed E-state index contributed by atoms with van der Waals surface area (Å²) in [7, 11) is 0. The second-order valence-electron chi connectivity index (χ2n) is 5.43. The van der Waals surface area contributed by atoms with Gasteiger partial charge in [-0.25, -0.2) is 9.78 Å². The molecule has 0 spiro atoms. The predicted molar refractivity (Wildman–Crippen MR) is 71.3 cm³/mol. The van der Waals surface area contributed by atoms with Crippen LogP contribution in [0.5, 0.6) is 0 Å². The summed E-state index contributed by atoms with van der Waals surface area (Å²) < 4.78 is 12.3. The zero-order valence-corrected chi connectivity index (χ0v) is 11.3. The largest absolute Gasteiger partial charge is 0.387 e. The van der Waals surface area contributed by atoms with Gasteiger partial charge in [0.05, 0.1) is 12.4 Å². The maximum atomic E-state index is 11.7. The van der Waals surface area contributed by atoms with Crippen molar-refractivity contribution in [3.63, 3.8) is 0 Å². The molecule has 5 atom stereocenters. The van der Waals surface area contributed by atoms with E-state index in [1.54, 1.807) is 0 Å². The van der Waals surface area contributed by atoms with Gasteiger partial charge >= 0.3 is 5.69 Å². The van der Waals surface area contributed by atoms with Gasteiger partial charge in [0.15, 0.2) is 11.7 Å². The molecule has 0 aliphatic carbocycles. The number of rotatable bonds is 2. The Labute approximate surface area is 122 Å². The topological polar surface area (TPSA) is 142 Å². The third-order valence-electron chi connectivity index (χ3n) is 4.12. The molecule has 4 N–H and O–H groups in total. The van der Waals surface area contributed by atoms with Gasteiger partial charge in [-0.1, -0.05) is 0 Å². The molecule has 0 radical (unpaired) electrons. The summed E-state index contributed by atoms with van der Waals surface area (Å²) >= 11 is 0. The van der Waals surface area contributed by atoms with Gasteiger partial charge in [-0.05, 0) is 6.42 Å². The highest BCUT2D eigenvalue weighted by Gasteiger charge is 2.49. The molecule has 4 heterocycles. The van der Waals surface area contributed by atoms with Crippen LogP contribution < -0.4 is 11.2 Å². The molecule has 0 bridgehead atoms. The van der Waals surface area contributed by atoms with E-state index in [2.05, 4.69) is 15.0 Å². The molecule has 2 aromatic heterocycles. The minimum atomic E-state index is -1.23. The smallest absolute Gasteiger partial charge is 0.327 e. The van der Waals surface area contributed by atoms with Crippen LogP contribution in [0.15, 0.2) is 15.9 Å². The maximum absolute atomic E-state index is 11.7. The normalized spacial score (nSPS) is 34.9. The summed E-state index contributed by atoms with van der Waals surface area (Å²) in [6.45, 7) is 0.592. The highest BCUT2D eigenvalue weighted by atomic mass is 16.6. The van der Waals surface area contributed by atoms with Crippen LogP contribution in [0.25, 0.3) is 11.2 Å². The van der Waals surface area contributed by atoms with E-state index in [0.717, 1.165) is 6.42 Å². The Bertz CT molecular complexity index is 821. The monoisotopic (exact) mass is 310 g/mol. The molecule has 2 fully saturated rings. The van der Waals surface area contributed by atoms with Crippen molar-refractivity contribution >= 4 is 11.2 Å². The highest BCUT2D eigenvalue weighted by Crippen LogP contribution is 2.35. The number of H-pyrrole nitrogens is 2. The minimum Gasteiger partial charge on any atom is -0.387 e. The fourth-order valence-electron chi connectivity index (χ4n) is 2.88. The molecular weight excluding hydrogens is 296 g/mol. The molecule has 22 heavy (non-hydrogen) atoms. The Morgan fingerprint density at radius 2 is 2.05 bits per heavy atom. The lowest BCUT2D eigenvalue weighted by molar-refractivity contribution is -0.158. The van der Waals surface area contributed by atoms with Gasteiger partial charge in [-0.15, -0.1) is 0 Å². The van der Waals surface area contributed by atoms with E-state index < -0.39 is 35.8 Å². The molecule has 10 heteroatoms. The minimum absolute atomic E-state index is 0.0215. The SMILES string of the molecule is O=c1[nH]c(=O)c2ncn([C@@H]3O[C@H](C4CCO4)[C@@H](O)[C@H]3O)c2[nH]1. The molecule has 1 unspecified atom stereocenters. The number of imidazole rings is 1. The van der Waals surface area contributed by atoms with Crippen LogP contribution in [0.4, 0.5) is 0 Å². The van der Waals surface area contributed by atoms with Crippen LogP contribution in [0.1, 0.15) is 12.6 Å². The van der Waals surface area contributed by atoms with E-state index in [4.69, 9.17) is 9.47 Å². The van der Waals surface area contributed by atoms with E-state index >= 15 is 0 Å². The van der Waals surface area contributed by atoms with Crippen molar-refractivity contribution in [2.45, 2.75) is 37.1 Å². The van der Waals surface area contributed by atoms with Crippen molar-refractivity contribution in [3.05, 3.63) is 27.2 Å². The van der Waals surface area contributed by atoms with Crippen molar-refractivity contribution in [2.24, 2.45) is 0 Å². The second kappa shape index (κ2) is 4.74. The lowest BCUT2D eigenvalue weighted by Gasteiger charge is -2.32. The molecule has 2 saturated heterocycles. The summed E-state index contributed by atoms with van der Waals surface area (Å²) in [6, 6.07) is 0. The molecule has 0 saturated carbocycles. The number of nitrogens with one attached hydrogen (secondary N) is 2. The standard InChI is InChI=1S/C12H14N4O6/c17-6-7(18)11(22-8(6)4-1-2-21-4)16-3-13-5-9(16)14-12(20)15-10(5)19/h3-4,6-8,11,17-18H,1-2H2,(H2,14,15,19,20)/t4?,6-,7+,8+,11+/m0/s1. The Balaban J connectivity index is 1.75. The number of aliphatic hydroxyl groups excluding tert-OH is 2. The molecule has 0 aromatic carbocycles. The van der Waals surface area contributed by atoms with E-state index in [0.29, 0.717) is 6.61 Å². The first-order valence-corrected chi connectivity index (χ1v) is 6.88. The van der Waals surface area contributed by atoms with E-state index in [9.17, 15) is 19.8 Å². The molecular formula is C12H14N4O6. The molecule has 2 aromatic rings. The van der Waals surface area contributed by atoms with E-state index in [-0.39, 0.29) is 17.3 Å². The molecule has 0 amide bonds. The van der Waals surface area contributed by atoms with Crippen LogP contribution in [0.2, 0.25) is 0 Å². The number of nitrogens with zero attached hydrogens (tertiary/aromatic N) is 2. The third-order valence-corrected chi connectivity index (χ3v) is 4.12. The number of hydrogen-bond acceptors (Lipinski definition) is 7. The Hall–Kier alpha value is -2.01. The highest BCUT2D eigenvalue weighted by molar-refractivity contribution is 5.68.